The summed E-state index contributed by atoms with van der Waals surface area (Å²) < 4.78 is 0. The second kappa shape index (κ2) is 8.41. The van der Waals surface area contributed by atoms with E-state index in [1.165, 1.54) is 24.0 Å². The minimum absolute atomic E-state index is 0.490. The van der Waals surface area contributed by atoms with Crippen LogP contribution in [0.5, 0.6) is 0 Å². The van der Waals surface area contributed by atoms with Crippen LogP contribution in [0, 0.1) is 6.92 Å². The maximum Gasteiger partial charge on any atom is 0.144 e. The molecule has 134 valence electrons. The van der Waals surface area contributed by atoms with E-state index in [1.807, 2.05) is 7.05 Å². The Hall–Kier alpha value is -1.98. The van der Waals surface area contributed by atoms with Gasteiger partial charge in [-0.15, -0.1) is 0 Å². The zero-order valence-corrected chi connectivity index (χ0v) is 15.5. The largest absolute Gasteiger partial charge is 0.373 e. The van der Waals surface area contributed by atoms with E-state index in [0.29, 0.717) is 5.92 Å². The lowest BCUT2D eigenvalue weighted by Crippen LogP contribution is -2.29. The molecule has 5 heteroatoms. The van der Waals surface area contributed by atoms with Gasteiger partial charge in [0.1, 0.15) is 11.6 Å². The van der Waals surface area contributed by atoms with Crippen LogP contribution < -0.4 is 10.6 Å². The highest BCUT2D eigenvalue weighted by molar-refractivity contribution is 5.36. The van der Waals surface area contributed by atoms with Crippen LogP contribution in [0.4, 0.5) is 5.82 Å². The molecular weight excluding hydrogens is 310 g/mol. The lowest BCUT2D eigenvalue weighted by Gasteiger charge is -2.23. The first-order valence-corrected chi connectivity index (χ1v) is 9.15. The second-order valence-electron chi connectivity index (χ2n) is 6.99. The highest BCUT2D eigenvalue weighted by atomic mass is 15.1. The first kappa shape index (κ1) is 17.8. The molecule has 0 radical (unpaired) electrons. The molecule has 0 bridgehead atoms. The number of aryl methyl sites for hydroxylation is 1. The van der Waals surface area contributed by atoms with Gasteiger partial charge in [-0.1, -0.05) is 24.3 Å². The summed E-state index contributed by atoms with van der Waals surface area (Å²) in [6.07, 6.45) is 2.41. The lowest BCUT2D eigenvalue weighted by molar-refractivity contribution is 0.309. The second-order valence-corrected chi connectivity index (χ2v) is 6.99. The van der Waals surface area contributed by atoms with Gasteiger partial charge in [-0.2, -0.15) is 0 Å². The molecule has 1 aromatic heterocycles. The molecule has 1 atom stereocenters. The number of anilines is 1. The van der Waals surface area contributed by atoms with E-state index in [1.54, 1.807) is 0 Å². The van der Waals surface area contributed by atoms with Crippen molar-refractivity contribution in [3.05, 3.63) is 53.0 Å². The molecule has 1 saturated heterocycles. The molecule has 1 unspecified atom stereocenters. The van der Waals surface area contributed by atoms with Gasteiger partial charge in [0.05, 0.1) is 12.2 Å². The van der Waals surface area contributed by atoms with Crippen molar-refractivity contribution in [2.75, 3.05) is 32.5 Å². The zero-order chi connectivity index (χ0) is 17.6. The Morgan fingerprint density at radius 3 is 2.80 bits per heavy atom. The Balaban J connectivity index is 1.73. The van der Waals surface area contributed by atoms with Gasteiger partial charge < -0.3 is 10.6 Å². The molecule has 1 aliphatic rings. The van der Waals surface area contributed by atoms with E-state index in [0.717, 1.165) is 43.5 Å². The third-order valence-corrected chi connectivity index (χ3v) is 4.88. The van der Waals surface area contributed by atoms with E-state index in [-0.39, 0.29) is 0 Å². The van der Waals surface area contributed by atoms with E-state index < -0.39 is 0 Å². The smallest absolute Gasteiger partial charge is 0.144 e. The molecule has 25 heavy (non-hydrogen) atoms. The average molecular weight is 339 g/mol. The Labute approximate surface area is 150 Å². The predicted molar refractivity (Wildman–Crippen MR) is 103 cm³/mol. The third-order valence-electron chi connectivity index (χ3n) is 4.88. The van der Waals surface area contributed by atoms with Crippen molar-refractivity contribution in [3.8, 4) is 0 Å². The molecule has 2 heterocycles. The first-order valence-electron chi connectivity index (χ1n) is 9.15. The van der Waals surface area contributed by atoms with Gasteiger partial charge >= 0.3 is 0 Å². The van der Waals surface area contributed by atoms with Crippen LogP contribution in [0.15, 0.2) is 30.3 Å². The van der Waals surface area contributed by atoms with E-state index in [4.69, 9.17) is 4.98 Å². The van der Waals surface area contributed by atoms with Crippen molar-refractivity contribution in [2.45, 2.75) is 38.8 Å². The van der Waals surface area contributed by atoms with Gasteiger partial charge in [0.2, 0.25) is 0 Å². The zero-order valence-electron chi connectivity index (χ0n) is 15.5. The monoisotopic (exact) mass is 339 g/mol. The molecule has 1 aromatic carbocycles. The van der Waals surface area contributed by atoms with Crippen LogP contribution >= 0.6 is 0 Å². The number of hydrogen-bond acceptors (Lipinski definition) is 5. The first-order chi connectivity index (χ1) is 12.2. The summed E-state index contributed by atoms with van der Waals surface area (Å²) in [5, 5.41) is 6.67. The fourth-order valence-electron chi connectivity index (χ4n) is 3.41. The summed E-state index contributed by atoms with van der Waals surface area (Å²) in [7, 11) is 4.05. The van der Waals surface area contributed by atoms with E-state index in [9.17, 15) is 0 Å². The lowest BCUT2D eigenvalue weighted by atomic mass is 9.96. The SMILES string of the molecule is CNc1cc(C2CCCNC2)nc(CN(C)Cc2ccccc2C)n1. The third kappa shape index (κ3) is 4.77. The highest BCUT2D eigenvalue weighted by Gasteiger charge is 2.18. The molecule has 2 N–H and O–H groups in total. The standard InChI is InChI=1S/C20H29N5/c1-15-7-4-5-8-17(15)13-25(3)14-20-23-18(11-19(21-2)24-20)16-9-6-10-22-12-16/h4-5,7-8,11,16,22H,6,9-10,12-14H2,1-3H3,(H,21,23,24). The van der Waals surface area contributed by atoms with Crippen molar-refractivity contribution in [1.29, 1.82) is 0 Å². The number of benzene rings is 1. The van der Waals surface area contributed by atoms with Crippen molar-refractivity contribution in [1.82, 2.24) is 20.2 Å². The van der Waals surface area contributed by atoms with Gasteiger partial charge in [-0.25, -0.2) is 9.97 Å². The molecule has 2 aromatic rings. The number of rotatable bonds is 6. The Morgan fingerprint density at radius 2 is 2.08 bits per heavy atom. The molecule has 0 amide bonds. The number of nitrogens with one attached hydrogen (secondary N) is 2. The van der Waals surface area contributed by atoms with Crippen LogP contribution in [0.25, 0.3) is 0 Å². The number of hydrogen-bond donors (Lipinski definition) is 2. The van der Waals surface area contributed by atoms with E-state index in [2.05, 4.69) is 64.8 Å². The Bertz CT molecular complexity index is 694. The van der Waals surface area contributed by atoms with Crippen molar-refractivity contribution in [2.24, 2.45) is 0 Å². The summed E-state index contributed by atoms with van der Waals surface area (Å²) in [5.74, 6) is 2.29. The summed E-state index contributed by atoms with van der Waals surface area (Å²) in [6, 6.07) is 10.6. The summed E-state index contributed by atoms with van der Waals surface area (Å²) in [4.78, 5) is 11.8. The topological polar surface area (TPSA) is 53.1 Å². The van der Waals surface area contributed by atoms with Crippen molar-refractivity contribution < 1.29 is 0 Å². The molecule has 1 fully saturated rings. The summed E-state index contributed by atoms with van der Waals surface area (Å²) in [5.41, 5.74) is 3.84. The molecule has 0 saturated carbocycles. The van der Waals surface area contributed by atoms with Crippen LogP contribution in [-0.2, 0) is 13.1 Å². The van der Waals surface area contributed by atoms with Crippen LogP contribution in [-0.4, -0.2) is 42.1 Å². The van der Waals surface area contributed by atoms with Crippen molar-refractivity contribution >= 4 is 5.82 Å². The molecule has 0 spiro atoms. The normalized spacial score (nSPS) is 17.7. The Kier molecular flexibility index (Phi) is 6.00. The van der Waals surface area contributed by atoms with Gasteiger partial charge in [-0.05, 0) is 44.5 Å². The molecule has 5 nitrogen and oxygen atoms in total. The molecular formula is C20H29N5. The van der Waals surface area contributed by atoms with Gasteiger partial charge in [0.25, 0.3) is 0 Å². The fraction of sp³-hybridized carbons (Fsp3) is 0.500. The maximum atomic E-state index is 4.88. The molecule has 1 aliphatic heterocycles. The van der Waals surface area contributed by atoms with Crippen LogP contribution in [0.1, 0.15) is 41.4 Å². The molecule has 0 aliphatic carbocycles. The van der Waals surface area contributed by atoms with Crippen molar-refractivity contribution in [3.63, 3.8) is 0 Å². The number of nitrogens with zero attached hydrogens (tertiary/aromatic N) is 3. The van der Waals surface area contributed by atoms with Gasteiger partial charge in [0.15, 0.2) is 0 Å². The summed E-state index contributed by atoms with van der Waals surface area (Å²) >= 11 is 0. The molecule has 3 rings (SSSR count). The maximum absolute atomic E-state index is 4.88. The summed E-state index contributed by atoms with van der Waals surface area (Å²) in [6.45, 7) is 5.94. The number of aromatic nitrogens is 2. The van der Waals surface area contributed by atoms with Gasteiger partial charge in [0, 0.05) is 32.1 Å². The minimum Gasteiger partial charge on any atom is -0.373 e. The minimum atomic E-state index is 0.490. The fourth-order valence-corrected chi connectivity index (χ4v) is 3.41. The highest BCUT2D eigenvalue weighted by Crippen LogP contribution is 2.23. The average Bonchev–Trinajstić information content (AvgIpc) is 2.64. The van der Waals surface area contributed by atoms with E-state index >= 15 is 0 Å². The predicted octanol–water partition coefficient (Wildman–Crippen LogP) is 2.93. The number of piperidine rings is 1. The van der Waals surface area contributed by atoms with Crippen LogP contribution in [0.3, 0.4) is 0 Å². The van der Waals surface area contributed by atoms with Crippen LogP contribution in [0.2, 0.25) is 0 Å². The van der Waals surface area contributed by atoms with Gasteiger partial charge in [-0.3, -0.25) is 4.90 Å². The Morgan fingerprint density at radius 1 is 1.24 bits per heavy atom. The quantitative estimate of drug-likeness (QED) is 0.847.